The Balaban J connectivity index is 1.23. The van der Waals surface area contributed by atoms with Gasteiger partial charge in [-0.1, -0.05) is 25.3 Å². The van der Waals surface area contributed by atoms with Crippen LogP contribution in [0.5, 0.6) is 0 Å². The summed E-state index contributed by atoms with van der Waals surface area (Å²) in [6.45, 7) is 4.55. The van der Waals surface area contributed by atoms with E-state index in [0.717, 1.165) is 38.5 Å². The maximum Gasteiger partial charge on any atom is 0.308 e. The molecule has 6 rings (SSSR count). The monoisotopic (exact) mass is 646 g/mol. The molecule has 3 aliphatic rings. The number of hydrazine groups is 1. The van der Waals surface area contributed by atoms with Crippen LogP contribution in [-0.4, -0.2) is 82.1 Å². The third-order valence-electron chi connectivity index (χ3n) is 9.93. The van der Waals surface area contributed by atoms with Crippen LogP contribution in [0.4, 0.5) is 21.8 Å². The van der Waals surface area contributed by atoms with Gasteiger partial charge in [-0.15, -0.1) is 0 Å². The van der Waals surface area contributed by atoms with Gasteiger partial charge in [0.1, 0.15) is 17.3 Å². The van der Waals surface area contributed by atoms with Gasteiger partial charge in [0.05, 0.1) is 17.3 Å². The minimum Gasteiger partial charge on any atom is -0.357 e. The number of aromatic amines is 1. The number of amides is 2. The molecule has 252 valence electrons. The van der Waals surface area contributed by atoms with Gasteiger partial charge in [0, 0.05) is 51.0 Å². The van der Waals surface area contributed by atoms with Gasteiger partial charge in [0.2, 0.25) is 11.9 Å². The lowest BCUT2D eigenvalue weighted by molar-refractivity contribution is -0.126. The van der Waals surface area contributed by atoms with E-state index in [0.29, 0.717) is 60.9 Å². The van der Waals surface area contributed by atoms with E-state index in [-0.39, 0.29) is 29.7 Å². The highest BCUT2D eigenvalue weighted by molar-refractivity contribution is 6.03. The number of piperidine rings is 2. The molecule has 3 fully saturated rings. The first-order valence-electron chi connectivity index (χ1n) is 17.1. The van der Waals surface area contributed by atoms with E-state index in [9.17, 15) is 14.0 Å². The minimum atomic E-state index is -0.425. The number of hydrogen-bond donors (Lipinski definition) is 4. The van der Waals surface area contributed by atoms with Gasteiger partial charge in [-0.05, 0) is 76.1 Å². The molecule has 1 aliphatic carbocycles. The maximum atomic E-state index is 14.3. The first kappa shape index (κ1) is 32.8. The predicted octanol–water partition coefficient (Wildman–Crippen LogP) is 4.33. The average molecular weight is 647 g/mol. The maximum absolute atomic E-state index is 14.3. The van der Waals surface area contributed by atoms with Crippen molar-refractivity contribution in [3.8, 4) is 11.4 Å². The lowest BCUT2D eigenvalue weighted by Gasteiger charge is -2.39. The largest absolute Gasteiger partial charge is 0.357 e. The highest BCUT2D eigenvalue weighted by Gasteiger charge is 2.33. The first-order valence-corrected chi connectivity index (χ1v) is 17.1. The number of nitrogens with zero attached hydrogens (tertiary/aromatic N) is 6. The van der Waals surface area contributed by atoms with Crippen molar-refractivity contribution in [2.45, 2.75) is 76.8 Å². The molecule has 2 aliphatic heterocycles. The summed E-state index contributed by atoms with van der Waals surface area (Å²) in [6.07, 6.45) is 10.7. The Morgan fingerprint density at radius 2 is 1.81 bits per heavy atom. The van der Waals surface area contributed by atoms with Gasteiger partial charge >= 0.3 is 5.91 Å². The fourth-order valence-corrected chi connectivity index (χ4v) is 7.07. The summed E-state index contributed by atoms with van der Waals surface area (Å²) in [5, 5.41) is 9.81. The molecule has 2 aromatic heterocycles. The van der Waals surface area contributed by atoms with Gasteiger partial charge in [0.25, 0.3) is 0 Å². The Kier molecular flexibility index (Phi) is 10.3. The number of H-pyrrole nitrogens is 1. The third kappa shape index (κ3) is 7.57. The van der Waals surface area contributed by atoms with Crippen LogP contribution in [0.25, 0.3) is 11.4 Å². The van der Waals surface area contributed by atoms with Crippen LogP contribution in [0, 0.1) is 17.7 Å². The molecule has 0 radical (unpaired) electrons. The first-order chi connectivity index (χ1) is 22.8. The number of anilines is 3. The number of benzene rings is 1. The van der Waals surface area contributed by atoms with Crippen molar-refractivity contribution >= 4 is 29.3 Å². The van der Waals surface area contributed by atoms with E-state index in [1.807, 2.05) is 11.1 Å². The zero-order valence-electron chi connectivity index (χ0n) is 27.4. The molecule has 1 saturated carbocycles. The summed E-state index contributed by atoms with van der Waals surface area (Å²) in [4.78, 5) is 46.6. The van der Waals surface area contributed by atoms with Crippen LogP contribution >= 0.6 is 0 Å². The number of rotatable bonds is 9. The highest BCUT2D eigenvalue weighted by atomic mass is 19.1. The SMILES string of the molecule is CNc1nc(-c2c[nH]c(C(=O)N(c3cccc(F)c3)N3CCC(CN)CC3)n2)cc(N2CC(C(=O)NC3CCCCC3)CCC2C)n1. The van der Waals surface area contributed by atoms with Crippen molar-refractivity contribution in [2.24, 2.45) is 17.6 Å². The Morgan fingerprint density at radius 3 is 2.53 bits per heavy atom. The molecule has 2 atom stereocenters. The molecule has 1 aromatic carbocycles. The number of hydrogen-bond acceptors (Lipinski definition) is 9. The quantitative estimate of drug-likeness (QED) is 0.267. The molecule has 2 unspecified atom stereocenters. The Hall–Kier alpha value is -4.10. The van der Waals surface area contributed by atoms with Gasteiger partial charge in [-0.25, -0.2) is 24.4 Å². The second-order valence-corrected chi connectivity index (χ2v) is 13.2. The van der Waals surface area contributed by atoms with E-state index < -0.39 is 11.7 Å². The summed E-state index contributed by atoms with van der Waals surface area (Å²) in [6, 6.07) is 8.35. The number of nitrogens with one attached hydrogen (secondary N) is 3. The van der Waals surface area contributed by atoms with E-state index in [4.69, 9.17) is 10.7 Å². The smallest absolute Gasteiger partial charge is 0.308 e. The zero-order valence-corrected chi connectivity index (χ0v) is 27.4. The summed E-state index contributed by atoms with van der Waals surface area (Å²) in [5.74, 6) is 0.801. The Labute approximate surface area is 275 Å². The summed E-state index contributed by atoms with van der Waals surface area (Å²) < 4.78 is 14.3. The third-order valence-corrected chi connectivity index (χ3v) is 9.93. The van der Waals surface area contributed by atoms with Crippen molar-refractivity contribution in [1.29, 1.82) is 0 Å². The lowest BCUT2D eigenvalue weighted by Crippen LogP contribution is -2.51. The molecule has 3 aromatic rings. The fraction of sp³-hybridized carbons (Fsp3) is 0.559. The highest BCUT2D eigenvalue weighted by Crippen LogP contribution is 2.31. The normalized spacial score (nSPS) is 21.4. The molecule has 12 nitrogen and oxygen atoms in total. The molecule has 0 spiro atoms. The van der Waals surface area contributed by atoms with E-state index >= 15 is 0 Å². The summed E-state index contributed by atoms with van der Waals surface area (Å²) in [7, 11) is 1.76. The van der Waals surface area contributed by atoms with Crippen LogP contribution in [0.1, 0.15) is 75.3 Å². The van der Waals surface area contributed by atoms with E-state index in [2.05, 4.69) is 37.4 Å². The summed E-state index contributed by atoms with van der Waals surface area (Å²) in [5.41, 5.74) is 7.35. The number of imidazole rings is 1. The van der Waals surface area contributed by atoms with E-state index in [1.165, 1.54) is 36.4 Å². The number of halogens is 1. The van der Waals surface area contributed by atoms with Crippen molar-refractivity contribution < 1.29 is 14.0 Å². The predicted molar refractivity (Wildman–Crippen MR) is 180 cm³/mol. The molecular weight excluding hydrogens is 599 g/mol. The van der Waals surface area contributed by atoms with E-state index in [1.54, 1.807) is 25.4 Å². The number of aromatic nitrogens is 4. The molecule has 47 heavy (non-hydrogen) atoms. The molecule has 13 heteroatoms. The van der Waals surface area contributed by atoms with Crippen molar-refractivity contribution in [3.05, 3.63) is 48.2 Å². The van der Waals surface area contributed by atoms with Crippen LogP contribution in [0.15, 0.2) is 36.5 Å². The molecule has 2 saturated heterocycles. The topological polar surface area (TPSA) is 148 Å². The van der Waals surface area contributed by atoms with Gasteiger partial charge in [-0.2, -0.15) is 4.98 Å². The van der Waals surface area contributed by atoms with Crippen LogP contribution < -0.4 is 26.3 Å². The number of carbonyl (C=O) groups excluding carboxylic acids is 2. The van der Waals surface area contributed by atoms with Crippen molar-refractivity contribution in [1.82, 2.24) is 30.3 Å². The van der Waals surface area contributed by atoms with Gasteiger partial charge in [0.15, 0.2) is 5.82 Å². The average Bonchev–Trinajstić information content (AvgIpc) is 3.60. The molecular formula is C34H47FN10O2. The molecule has 0 bridgehead atoms. The fourth-order valence-electron chi connectivity index (χ4n) is 7.07. The van der Waals surface area contributed by atoms with Crippen LogP contribution in [0.2, 0.25) is 0 Å². The Morgan fingerprint density at radius 1 is 1.02 bits per heavy atom. The second-order valence-electron chi connectivity index (χ2n) is 13.2. The van der Waals surface area contributed by atoms with Crippen LogP contribution in [-0.2, 0) is 4.79 Å². The summed E-state index contributed by atoms with van der Waals surface area (Å²) >= 11 is 0. The zero-order chi connectivity index (χ0) is 32.9. The standard InChI is InChI=1S/C34H47FN10O2/c1-22-11-12-24(32(46)39-26-8-4-3-5-9-26)21-44(22)30-18-28(41-34(37-2)42-30)29-20-38-31(40-29)33(47)45(27-10-6-7-25(35)17-27)43-15-13-23(19-36)14-16-43/h6-7,10,17-18,20,22-24,26H,3-5,8-9,11-16,19,21,36H2,1-2H3,(H,38,40)(H,39,46)(H,37,41,42). The van der Waals surface area contributed by atoms with Crippen molar-refractivity contribution in [3.63, 3.8) is 0 Å². The molecule has 4 heterocycles. The Bertz CT molecular complexity index is 1530. The minimum absolute atomic E-state index is 0.113. The molecule has 5 N–H and O–H groups in total. The van der Waals surface area contributed by atoms with Gasteiger partial charge < -0.3 is 26.3 Å². The van der Waals surface area contributed by atoms with Gasteiger partial charge in [-0.3, -0.25) is 9.59 Å². The number of carbonyl (C=O) groups is 2. The number of nitrogens with two attached hydrogens (primary N) is 1. The van der Waals surface area contributed by atoms with Crippen LogP contribution in [0.3, 0.4) is 0 Å². The second kappa shape index (κ2) is 14.8. The molecule has 2 amide bonds. The van der Waals surface area contributed by atoms with Crippen molar-refractivity contribution in [2.75, 3.05) is 48.5 Å². The lowest BCUT2D eigenvalue weighted by atomic mass is 9.91.